The molecule has 0 saturated carbocycles. The summed E-state index contributed by atoms with van der Waals surface area (Å²) in [7, 11) is 0. The van der Waals surface area contributed by atoms with Crippen molar-refractivity contribution in [2.75, 3.05) is 0 Å². The van der Waals surface area contributed by atoms with E-state index in [0.29, 0.717) is 17.5 Å². The Labute approximate surface area is 388 Å². The third kappa shape index (κ3) is 5.49. The lowest BCUT2D eigenvalue weighted by Gasteiger charge is -2.31. The first-order chi connectivity index (χ1) is 33.2. The maximum Gasteiger partial charge on any atom is 0.164 e. The Balaban J connectivity index is 1.01. The topological polar surface area (TPSA) is 38.7 Å². The predicted octanol–water partition coefficient (Wildman–Crippen LogP) is 16.0. The smallest absolute Gasteiger partial charge is 0.164 e. The zero-order chi connectivity index (χ0) is 44.1. The van der Waals surface area contributed by atoms with Crippen LogP contribution in [0.25, 0.3) is 111 Å². The summed E-state index contributed by atoms with van der Waals surface area (Å²) in [6.45, 7) is 0. The molecular weight excluding hydrogens is 811 g/mol. The second-order valence-corrected chi connectivity index (χ2v) is 17.8. The van der Waals surface area contributed by atoms with E-state index in [-0.39, 0.29) is 0 Å². The lowest BCUT2D eigenvalue weighted by Crippen LogP contribution is -2.26. The van der Waals surface area contributed by atoms with E-state index in [4.69, 9.17) is 15.0 Å². The van der Waals surface area contributed by atoms with Gasteiger partial charge in [-0.25, -0.2) is 15.0 Å². The summed E-state index contributed by atoms with van der Waals surface area (Å²) in [6.07, 6.45) is 0. The summed E-state index contributed by atoms with van der Waals surface area (Å²) in [5.74, 6) is 1.90. The van der Waals surface area contributed by atoms with Crippen LogP contribution >= 0.6 is 0 Å². The molecule has 0 fully saturated rings. The first kappa shape index (κ1) is 37.6. The average Bonchev–Trinajstić information content (AvgIpc) is 3.88. The van der Waals surface area contributed by atoms with Gasteiger partial charge in [0.25, 0.3) is 0 Å². The van der Waals surface area contributed by atoms with Crippen LogP contribution < -0.4 is 0 Å². The summed E-state index contributed by atoms with van der Waals surface area (Å²) < 4.78 is 0. The molecule has 11 aromatic carbocycles. The van der Waals surface area contributed by atoms with Gasteiger partial charge in [-0.05, 0) is 105 Å². The highest BCUT2D eigenvalue weighted by Gasteiger charge is 2.52. The monoisotopic (exact) mass is 849 g/mol. The van der Waals surface area contributed by atoms with Gasteiger partial charge in [0.2, 0.25) is 0 Å². The van der Waals surface area contributed by atoms with Crippen molar-refractivity contribution in [1.82, 2.24) is 15.0 Å². The molecule has 1 aromatic heterocycles. The fourth-order valence-corrected chi connectivity index (χ4v) is 11.6. The van der Waals surface area contributed by atoms with Crippen LogP contribution in [0, 0.1) is 0 Å². The highest BCUT2D eigenvalue weighted by Crippen LogP contribution is 2.64. The summed E-state index contributed by atoms with van der Waals surface area (Å²) in [6, 6.07) is 85.6. The molecule has 12 aromatic rings. The number of rotatable bonds is 5. The molecule has 0 unspecified atom stereocenters. The summed E-state index contributed by atoms with van der Waals surface area (Å²) in [5, 5.41) is 7.42. The van der Waals surface area contributed by atoms with Gasteiger partial charge >= 0.3 is 0 Å². The van der Waals surface area contributed by atoms with Crippen molar-refractivity contribution < 1.29 is 0 Å². The molecule has 1 spiro atoms. The van der Waals surface area contributed by atoms with Crippen molar-refractivity contribution in [3.8, 4) is 78.7 Å². The third-order valence-electron chi connectivity index (χ3n) is 14.3. The number of fused-ring (bicyclic) bond motifs is 14. The Kier molecular flexibility index (Phi) is 8.20. The van der Waals surface area contributed by atoms with Crippen LogP contribution in [0.2, 0.25) is 0 Å². The first-order valence-corrected chi connectivity index (χ1v) is 23.0. The van der Waals surface area contributed by atoms with Gasteiger partial charge in [-0.3, -0.25) is 0 Å². The Hall–Kier alpha value is -8.79. The van der Waals surface area contributed by atoms with E-state index in [0.717, 1.165) is 33.4 Å². The second kappa shape index (κ2) is 14.6. The van der Waals surface area contributed by atoms with Crippen LogP contribution in [0.15, 0.2) is 237 Å². The SMILES string of the molecule is c1ccc(-c2ccccc2-c2nc(-c3ccc(-c4c5ccccc5cc5c4ccc4ccccc45)cc3)nc(-c3cccc4c3C3(c5ccccc5-c5ccccc53)c3ccccc3-4)n2)cc1. The Morgan fingerprint density at radius 3 is 1.45 bits per heavy atom. The van der Waals surface area contributed by atoms with E-state index in [1.54, 1.807) is 0 Å². The molecule has 0 N–H and O–H groups in total. The zero-order valence-corrected chi connectivity index (χ0v) is 36.4. The minimum absolute atomic E-state index is 0.571. The minimum atomic E-state index is -0.571. The van der Waals surface area contributed by atoms with E-state index < -0.39 is 5.41 Å². The molecule has 0 aliphatic heterocycles. The Morgan fingerprint density at radius 1 is 0.254 bits per heavy atom. The molecule has 2 aliphatic rings. The van der Waals surface area contributed by atoms with Gasteiger partial charge in [-0.2, -0.15) is 0 Å². The van der Waals surface area contributed by atoms with Crippen molar-refractivity contribution in [2.24, 2.45) is 0 Å². The molecule has 3 nitrogen and oxygen atoms in total. The number of aromatic nitrogens is 3. The standard InChI is InChI=1S/C64H39N3/c1-2-17-40(18-3-1)45-21-8-9-27-53(45)62-65-61(43-35-33-42(34-36-43)59-47-23-7-5-20-44(47)39-55-46-22-6-4-19-41(46)37-38-51(55)59)66-63(67-62)54-29-16-28-52-50-26-12-15-32-58(50)64(60(52)54)56-30-13-10-24-48(56)49-25-11-14-31-57(49)64/h1-39H. The van der Waals surface area contributed by atoms with E-state index >= 15 is 0 Å². The van der Waals surface area contributed by atoms with Gasteiger partial charge in [0.05, 0.1) is 5.41 Å². The molecule has 1 heterocycles. The summed E-state index contributed by atoms with van der Waals surface area (Å²) in [5.41, 5.74) is 16.8. The van der Waals surface area contributed by atoms with Crippen molar-refractivity contribution in [3.63, 3.8) is 0 Å². The number of nitrogens with zero attached hydrogens (tertiary/aromatic N) is 3. The highest BCUT2D eigenvalue weighted by atomic mass is 15.0. The molecule has 0 amide bonds. The maximum absolute atomic E-state index is 5.53. The minimum Gasteiger partial charge on any atom is -0.208 e. The summed E-state index contributed by atoms with van der Waals surface area (Å²) in [4.78, 5) is 16.4. The third-order valence-corrected chi connectivity index (χ3v) is 14.3. The van der Waals surface area contributed by atoms with Crippen molar-refractivity contribution in [1.29, 1.82) is 0 Å². The van der Waals surface area contributed by atoms with Gasteiger partial charge in [0.15, 0.2) is 17.5 Å². The molecular formula is C64H39N3. The molecule has 0 atom stereocenters. The maximum atomic E-state index is 5.53. The highest BCUT2D eigenvalue weighted by molar-refractivity contribution is 6.20. The van der Waals surface area contributed by atoms with Crippen molar-refractivity contribution in [2.45, 2.75) is 5.41 Å². The van der Waals surface area contributed by atoms with Crippen LogP contribution in [-0.2, 0) is 5.41 Å². The molecule has 3 heteroatoms. The Morgan fingerprint density at radius 2 is 0.746 bits per heavy atom. The van der Waals surface area contributed by atoms with Gasteiger partial charge < -0.3 is 0 Å². The molecule has 2 aliphatic carbocycles. The van der Waals surface area contributed by atoms with Crippen LogP contribution in [-0.4, -0.2) is 15.0 Å². The number of hydrogen-bond donors (Lipinski definition) is 0. The molecule has 0 bridgehead atoms. The van der Waals surface area contributed by atoms with Gasteiger partial charge in [0, 0.05) is 16.7 Å². The van der Waals surface area contributed by atoms with Crippen LogP contribution in [0.5, 0.6) is 0 Å². The van der Waals surface area contributed by atoms with Crippen LogP contribution in [0.3, 0.4) is 0 Å². The molecule has 67 heavy (non-hydrogen) atoms. The van der Waals surface area contributed by atoms with Gasteiger partial charge in [-0.1, -0.05) is 231 Å². The lowest BCUT2D eigenvalue weighted by molar-refractivity contribution is 0.794. The zero-order valence-electron chi connectivity index (χ0n) is 36.4. The largest absolute Gasteiger partial charge is 0.208 e. The molecule has 0 saturated heterocycles. The molecule has 310 valence electrons. The Bertz CT molecular complexity index is 3920. The van der Waals surface area contributed by atoms with Crippen molar-refractivity contribution >= 4 is 32.3 Å². The quantitative estimate of drug-likeness (QED) is 0.128. The second-order valence-electron chi connectivity index (χ2n) is 17.8. The van der Waals surface area contributed by atoms with Gasteiger partial charge in [-0.15, -0.1) is 0 Å². The van der Waals surface area contributed by atoms with E-state index in [9.17, 15) is 0 Å². The van der Waals surface area contributed by atoms with E-state index in [2.05, 4.69) is 237 Å². The van der Waals surface area contributed by atoms with Crippen LogP contribution in [0.4, 0.5) is 0 Å². The average molecular weight is 850 g/mol. The first-order valence-electron chi connectivity index (χ1n) is 23.0. The van der Waals surface area contributed by atoms with Gasteiger partial charge in [0.1, 0.15) is 0 Å². The van der Waals surface area contributed by atoms with E-state index in [1.807, 2.05) is 0 Å². The number of hydrogen-bond acceptors (Lipinski definition) is 3. The summed E-state index contributed by atoms with van der Waals surface area (Å²) >= 11 is 0. The normalized spacial score (nSPS) is 12.9. The van der Waals surface area contributed by atoms with Crippen LogP contribution in [0.1, 0.15) is 22.3 Å². The fraction of sp³-hybridized carbons (Fsp3) is 0.0156. The fourth-order valence-electron chi connectivity index (χ4n) is 11.6. The predicted molar refractivity (Wildman–Crippen MR) is 276 cm³/mol. The van der Waals surface area contributed by atoms with E-state index in [1.165, 1.54) is 82.4 Å². The number of benzene rings is 11. The molecule has 14 rings (SSSR count). The van der Waals surface area contributed by atoms with Crippen molar-refractivity contribution in [3.05, 3.63) is 259 Å². The molecule has 0 radical (unpaired) electrons. The lowest BCUT2D eigenvalue weighted by atomic mass is 9.69.